The quantitative estimate of drug-likeness (QED) is 0.492. The number of likely N-dealkylation sites (tertiary alicyclic amines) is 1. The summed E-state index contributed by atoms with van der Waals surface area (Å²) in [5, 5.41) is 3.38. The standard InChI is InChI=1S/C25H27F3N4O3S/c1-24(2,3)20(30-15-8-6-7-14(11-15)25(26,27)28)22(34)32-13-16(12-18(32)21(29)33)35-23-31-17-9-4-5-10-19(17)36-23/h4-11,16,18,20,30H,12-13H2,1-3H3,(H2,29,33)/t16-,18+,20-/m1/s1. The van der Waals surface area contributed by atoms with E-state index in [2.05, 4.69) is 10.3 Å². The van der Waals surface area contributed by atoms with Gasteiger partial charge >= 0.3 is 6.18 Å². The van der Waals surface area contributed by atoms with Crippen molar-refractivity contribution in [2.24, 2.45) is 11.1 Å². The minimum absolute atomic E-state index is 0.0964. The number of carbonyl (C=O) groups is 2. The van der Waals surface area contributed by atoms with Crippen molar-refractivity contribution in [1.29, 1.82) is 0 Å². The Morgan fingerprint density at radius 3 is 2.53 bits per heavy atom. The Hall–Kier alpha value is -3.34. The smallest absolute Gasteiger partial charge is 0.416 e. The Balaban J connectivity index is 1.56. The topological polar surface area (TPSA) is 97.6 Å². The first kappa shape index (κ1) is 25.7. The first-order valence-electron chi connectivity index (χ1n) is 11.4. The number of carbonyl (C=O) groups excluding carboxylic acids is 2. The lowest BCUT2D eigenvalue weighted by molar-refractivity contribution is -0.139. The predicted octanol–water partition coefficient (Wildman–Crippen LogP) is 4.68. The fourth-order valence-electron chi connectivity index (χ4n) is 4.21. The van der Waals surface area contributed by atoms with Gasteiger partial charge in [0.05, 0.1) is 22.3 Å². The molecule has 2 heterocycles. The van der Waals surface area contributed by atoms with Crippen LogP contribution in [0.15, 0.2) is 48.5 Å². The number of rotatable bonds is 6. The Bertz CT molecular complexity index is 1240. The van der Waals surface area contributed by atoms with E-state index in [1.54, 1.807) is 20.8 Å². The summed E-state index contributed by atoms with van der Waals surface area (Å²) in [4.78, 5) is 31.8. The number of para-hydroxylation sites is 1. The Labute approximate surface area is 210 Å². The van der Waals surface area contributed by atoms with Gasteiger partial charge in [-0.1, -0.05) is 50.3 Å². The number of benzene rings is 2. The molecule has 36 heavy (non-hydrogen) atoms. The molecule has 192 valence electrons. The fourth-order valence-corrected chi connectivity index (χ4v) is 5.09. The molecule has 1 saturated heterocycles. The van der Waals surface area contributed by atoms with Gasteiger partial charge in [0.1, 0.15) is 18.2 Å². The van der Waals surface area contributed by atoms with Gasteiger partial charge in [-0.15, -0.1) is 0 Å². The van der Waals surface area contributed by atoms with Gasteiger partial charge in [-0.3, -0.25) is 9.59 Å². The number of hydrogen-bond acceptors (Lipinski definition) is 6. The summed E-state index contributed by atoms with van der Waals surface area (Å²) in [7, 11) is 0. The summed E-state index contributed by atoms with van der Waals surface area (Å²) < 4.78 is 46.6. The van der Waals surface area contributed by atoms with Crippen molar-refractivity contribution >= 4 is 39.1 Å². The summed E-state index contributed by atoms with van der Waals surface area (Å²) in [6, 6.07) is 10.4. The molecule has 0 spiro atoms. The van der Waals surface area contributed by atoms with Crippen molar-refractivity contribution in [3.63, 3.8) is 0 Å². The van der Waals surface area contributed by atoms with Crippen LogP contribution in [0.1, 0.15) is 32.8 Å². The van der Waals surface area contributed by atoms with E-state index in [0.29, 0.717) is 5.19 Å². The van der Waals surface area contributed by atoms with Crippen LogP contribution in [0.2, 0.25) is 0 Å². The summed E-state index contributed by atoms with van der Waals surface area (Å²) in [5.74, 6) is -1.12. The van der Waals surface area contributed by atoms with Crippen molar-refractivity contribution in [3.8, 4) is 5.19 Å². The maximum Gasteiger partial charge on any atom is 0.416 e. The Morgan fingerprint density at radius 2 is 1.89 bits per heavy atom. The predicted molar refractivity (Wildman–Crippen MR) is 132 cm³/mol. The lowest BCUT2D eigenvalue weighted by Crippen LogP contribution is -2.53. The van der Waals surface area contributed by atoms with Gasteiger partial charge in [0.25, 0.3) is 5.19 Å². The van der Waals surface area contributed by atoms with Crippen molar-refractivity contribution in [2.45, 2.75) is 51.6 Å². The number of aromatic nitrogens is 1. The van der Waals surface area contributed by atoms with Gasteiger partial charge in [-0.2, -0.15) is 13.2 Å². The molecule has 11 heteroatoms. The number of primary amides is 1. The number of nitrogens with zero attached hydrogens (tertiary/aromatic N) is 2. The molecule has 3 aromatic rings. The molecular formula is C25H27F3N4O3S. The molecule has 2 amide bonds. The zero-order valence-electron chi connectivity index (χ0n) is 20.0. The third kappa shape index (κ3) is 5.56. The molecule has 4 rings (SSSR count). The van der Waals surface area contributed by atoms with E-state index in [0.717, 1.165) is 22.3 Å². The second-order valence-electron chi connectivity index (χ2n) is 9.85. The lowest BCUT2D eigenvalue weighted by Gasteiger charge is -2.35. The second kappa shape index (κ2) is 9.61. The SMILES string of the molecule is CC(C)(C)[C@H](Nc1cccc(C(F)(F)F)c1)C(=O)N1C[C@H](Oc2nc3ccccc3s2)C[C@H]1C(N)=O. The largest absolute Gasteiger partial charge is 0.465 e. The Kier molecular flexibility index (Phi) is 6.87. The van der Waals surface area contributed by atoms with Crippen LogP contribution in [-0.4, -0.2) is 46.4 Å². The summed E-state index contributed by atoms with van der Waals surface area (Å²) in [5.41, 5.74) is 5.04. The zero-order valence-corrected chi connectivity index (χ0v) is 20.8. The van der Waals surface area contributed by atoms with Crippen molar-refractivity contribution in [2.75, 3.05) is 11.9 Å². The van der Waals surface area contributed by atoms with E-state index in [9.17, 15) is 22.8 Å². The number of ether oxygens (including phenoxy) is 1. The number of thiazole rings is 1. The average molecular weight is 521 g/mol. The number of hydrogen-bond donors (Lipinski definition) is 2. The van der Waals surface area contributed by atoms with Crippen LogP contribution >= 0.6 is 11.3 Å². The molecule has 3 atom stereocenters. The van der Waals surface area contributed by atoms with Crippen molar-refractivity contribution in [3.05, 3.63) is 54.1 Å². The number of nitrogens with one attached hydrogen (secondary N) is 1. The van der Waals surface area contributed by atoms with Crippen LogP contribution in [0.25, 0.3) is 10.2 Å². The zero-order chi connectivity index (χ0) is 26.3. The van der Waals surface area contributed by atoms with E-state index in [-0.39, 0.29) is 18.7 Å². The maximum atomic E-state index is 13.7. The average Bonchev–Trinajstić information content (AvgIpc) is 3.40. The first-order valence-corrected chi connectivity index (χ1v) is 12.2. The van der Waals surface area contributed by atoms with E-state index in [1.807, 2.05) is 24.3 Å². The first-order chi connectivity index (χ1) is 16.8. The molecular weight excluding hydrogens is 493 g/mol. The van der Waals surface area contributed by atoms with E-state index < -0.39 is 47.2 Å². The third-order valence-electron chi connectivity index (χ3n) is 6.03. The van der Waals surface area contributed by atoms with Gasteiger partial charge < -0.3 is 20.7 Å². The van der Waals surface area contributed by atoms with Crippen LogP contribution < -0.4 is 15.8 Å². The molecule has 1 fully saturated rings. The highest BCUT2D eigenvalue weighted by atomic mass is 32.1. The highest BCUT2D eigenvalue weighted by Crippen LogP contribution is 2.34. The number of anilines is 1. The van der Waals surface area contributed by atoms with Crippen molar-refractivity contribution < 1.29 is 27.5 Å². The highest BCUT2D eigenvalue weighted by molar-refractivity contribution is 7.20. The molecule has 7 nitrogen and oxygen atoms in total. The van der Waals surface area contributed by atoms with Gasteiger partial charge in [0, 0.05) is 12.1 Å². The van der Waals surface area contributed by atoms with Crippen LogP contribution in [0.5, 0.6) is 5.19 Å². The van der Waals surface area contributed by atoms with Gasteiger partial charge in [0.2, 0.25) is 11.8 Å². The molecule has 1 aliphatic heterocycles. The summed E-state index contributed by atoms with van der Waals surface area (Å²) >= 11 is 1.36. The normalized spacial score (nSPS) is 19.3. The van der Waals surface area contributed by atoms with E-state index >= 15 is 0 Å². The highest BCUT2D eigenvalue weighted by Gasteiger charge is 2.45. The molecule has 0 radical (unpaired) electrons. The molecule has 3 N–H and O–H groups in total. The Morgan fingerprint density at radius 1 is 1.17 bits per heavy atom. The number of alkyl halides is 3. The van der Waals surface area contributed by atoms with Crippen LogP contribution in [0, 0.1) is 5.41 Å². The molecule has 0 unspecified atom stereocenters. The van der Waals surface area contributed by atoms with E-state index in [4.69, 9.17) is 10.5 Å². The number of halogens is 3. The molecule has 1 aromatic heterocycles. The maximum absolute atomic E-state index is 13.7. The summed E-state index contributed by atoms with van der Waals surface area (Å²) in [6.07, 6.45) is -4.84. The lowest BCUT2D eigenvalue weighted by atomic mass is 9.85. The summed E-state index contributed by atoms with van der Waals surface area (Å²) in [6.45, 7) is 5.47. The molecule has 0 bridgehead atoms. The van der Waals surface area contributed by atoms with Crippen LogP contribution in [0.3, 0.4) is 0 Å². The third-order valence-corrected chi connectivity index (χ3v) is 6.96. The van der Waals surface area contributed by atoms with Crippen LogP contribution in [0.4, 0.5) is 18.9 Å². The van der Waals surface area contributed by atoms with Gasteiger partial charge in [0.15, 0.2) is 0 Å². The molecule has 1 aliphatic rings. The second-order valence-corrected chi connectivity index (χ2v) is 10.8. The van der Waals surface area contributed by atoms with Crippen LogP contribution in [-0.2, 0) is 15.8 Å². The van der Waals surface area contributed by atoms with Gasteiger partial charge in [-0.25, -0.2) is 4.98 Å². The van der Waals surface area contributed by atoms with E-state index in [1.165, 1.54) is 28.4 Å². The fraction of sp³-hybridized carbons (Fsp3) is 0.400. The molecule has 0 aliphatic carbocycles. The minimum Gasteiger partial charge on any atom is -0.465 e. The number of amides is 2. The molecule has 2 aromatic carbocycles. The minimum atomic E-state index is -4.52. The molecule has 0 saturated carbocycles. The van der Waals surface area contributed by atoms with Crippen molar-refractivity contribution in [1.82, 2.24) is 9.88 Å². The number of fused-ring (bicyclic) bond motifs is 1. The van der Waals surface area contributed by atoms with Gasteiger partial charge in [-0.05, 0) is 35.7 Å². The monoisotopic (exact) mass is 520 g/mol. The number of nitrogens with two attached hydrogens (primary N) is 1.